The first-order valence-electron chi connectivity index (χ1n) is 10.5. The molecule has 1 fully saturated rings. The van der Waals surface area contributed by atoms with Crippen molar-refractivity contribution in [2.75, 3.05) is 18.6 Å². The summed E-state index contributed by atoms with van der Waals surface area (Å²) in [6.07, 6.45) is -0.997. The Morgan fingerprint density at radius 1 is 1.14 bits per heavy atom. The van der Waals surface area contributed by atoms with Gasteiger partial charge >= 0.3 is 0 Å². The minimum Gasteiger partial charge on any atom is -0.490 e. The van der Waals surface area contributed by atoms with Crippen molar-refractivity contribution in [2.45, 2.75) is 37.4 Å². The lowest BCUT2D eigenvalue weighted by molar-refractivity contribution is -0.203. The normalized spacial score (nSPS) is 19.6. The molecule has 1 atom stereocenters. The fourth-order valence-corrected chi connectivity index (χ4v) is 4.69. The number of nitrogens with zero attached hydrogens (tertiary/aromatic N) is 2. The zero-order valence-corrected chi connectivity index (χ0v) is 19.5. The van der Waals surface area contributed by atoms with Crippen molar-refractivity contribution in [3.8, 4) is 5.75 Å². The second kappa shape index (κ2) is 9.34. The molecule has 1 amide bonds. The van der Waals surface area contributed by atoms with E-state index >= 15 is 13.2 Å². The number of ether oxygens (including phenoxy) is 1. The largest absolute Gasteiger partial charge is 0.490 e. The molecular weight excluding hydrogens is 518 g/mol. The number of halogens is 7. The van der Waals surface area contributed by atoms with Crippen LogP contribution in [0.25, 0.3) is 11.0 Å². The first-order chi connectivity index (χ1) is 16.5. The average Bonchev–Trinajstić information content (AvgIpc) is 3.13. The van der Waals surface area contributed by atoms with Gasteiger partial charge in [0, 0.05) is 18.9 Å². The van der Waals surface area contributed by atoms with Crippen molar-refractivity contribution in [3.63, 3.8) is 0 Å². The molecule has 4 rings (SSSR count). The Morgan fingerprint density at radius 3 is 2.40 bits per heavy atom. The van der Waals surface area contributed by atoms with Gasteiger partial charge in [0.2, 0.25) is 5.95 Å². The van der Waals surface area contributed by atoms with Gasteiger partial charge in [-0.05, 0) is 31.0 Å². The van der Waals surface area contributed by atoms with Gasteiger partial charge in [0.05, 0.1) is 32.3 Å². The number of nitrogens with two attached hydrogens (primary N) is 1. The van der Waals surface area contributed by atoms with Gasteiger partial charge in [-0.15, -0.1) is 0 Å². The molecule has 0 bridgehead atoms. The molecule has 1 aliphatic rings. The van der Waals surface area contributed by atoms with E-state index in [2.05, 4.69) is 10.3 Å². The predicted octanol–water partition coefficient (Wildman–Crippen LogP) is 6.50. The molecule has 3 N–H and O–H groups in total. The third kappa shape index (κ3) is 4.47. The number of nitrogens with one attached hydrogen (secondary N) is 1. The maximum atomic E-state index is 16.3. The third-order valence-electron chi connectivity index (χ3n) is 5.76. The molecule has 0 radical (unpaired) electrons. The fraction of sp³-hybridized carbons (Fsp3) is 0.364. The summed E-state index contributed by atoms with van der Waals surface area (Å²) in [5.74, 6) is -9.40. The SMILES string of the molecule is NC(=O)c1cc2nc(Nc3c(Cl)cc(F)cc3Cl)n(C3(F)CCCCC3(F)F)c2cc1OCCF. The van der Waals surface area contributed by atoms with E-state index in [0.29, 0.717) is 4.57 Å². The van der Waals surface area contributed by atoms with Crippen LogP contribution in [0.3, 0.4) is 0 Å². The van der Waals surface area contributed by atoms with Gasteiger partial charge in [-0.25, -0.2) is 26.9 Å². The van der Waals surface area contributed by atoms with Gasteiger partial charge in [0.15, 0.2) is 0 Å². The summed E-state index contributed by atoms with van der Waals surface area (Å²) >= 11 is 12.2. The summed E-state index contributed by atoms with van der Waals surface area (Å²) < 4.78 is 78.7. The number of aromatic nitrogens is 2. The van der Waals surface area contributed by atoms with E-state index in [-0.39, 0.29) is 50.9 Å². The highest BCUT2D eigenvalue weighted by Gasteiger charge is 2.58. The Balaban J connectivity index is 2.00. The third-order valence-corrected chi connectivity index (χ3v) is 6.36. The first-order valence-corrected chi connectivity index (χ1v) is 11.3. The van der Waals surface area contributed by atoms with Crippen molar-refractivity contribution in [3.05, 3.63) is 45.7 Å². The number of benzene rings is 2. The van der Waals surface area contributed by atoms with E-state index in [0.717, 1.165) is 24.3 Å². The second-order valence-electron chi connectivity index (χ2n) is 8.05. The molecular formula is C22H19Cl2F5N4O2. The Hall–Kier alpha value is -2.79. The second-order valence-corrected chi connectivity index (χ2v) is 8.86. The van der Waals surface area contributed by atoms with Crippen LogP contribution in [0, 0.1) is 5.82 Å². The Labute approximate surface area is 206 Å². The van der Waals surface area contributed by atoms with Crippen LogP contribution in [0.1, 0.15) is 36.0 Å². The predicted molar refractivity (Wildman–Crippen MR) is 122 cm³/mol. The zero-order chi connectivity index (χ0) is 25.5. The summed E-state index contributed by atoms with van der Waals surface area (Å²) in [6.45, 7) is -1.36. The number of imidazole rings is 1. The van der Waals surface area contributed by atoms with Gasteiger partial charge in [-0.1, -0.05) is 23.2 Å². The molecule has 0 aliphatic heterocycles. The summed E-state index contributed by atoms with van der Waals surface area (Å²) in [6, 6.07) is 4.09. The van der Waals surface area contributed by atoms with Crippen LogP contribution in [0.4, 0.5) is 33.6 Å². The lowest BCUT2D eigenvalue weighted by atomic mass is 9.88. The van der Waals surface area contributed by atoms with Crippen LogP contribution in [0.5, 0.6) is 5.75 Å². The van der Waals surface area contributed by atoms with Crippen LogP contribution in [-0.2, 0) is 5.79 Å². The quantitative estimate of drug-likeness (QED) is 0.337. The number of hydrogen-bond acceptors (Lipinski definition) is 4. The van der Waals surface area contributed by atoms with Gasteiger partial charge in [-0.3, -0.25) is 9.36 Å². The molecule has 1 aliphatic carbocycles. The van der Waals surface area contributed by atoms with Crippen molar-refractivity contribution in [1.29, 1.82) is 0 Å². The number of alkyl halides is 4. The molecule has 1 saturated carbocycles. The molecule has 6 nitrogen and oxygen atoms in total. The minimum atomic E-state index is -3.80. The topological polar surface area (TPSA) is 82.2 Å². The van der Waals surface area contributed by atoms with Gasteiger partial charge in [0.25, 0.3) is 17.6 Å². The van der Waals surface area contributed by atoms with Gasteiger partial charge in [-0.2, -0.15) is 0 Å². The number of amides is 1. The highest BCUT2D eigenvalue weighted by Crippen LogP contribution is 2.51. The minimum absolute atomic E-state index is 0.0818. The number of anilines is 2. The Morgan fingerprint density at radius 2 is 1.80 bits per heavy atom. The molecule has 188 valence electrons. The number of hydrogen-bond donors (Lipinski definition) is 2. The average molecular weight is 537 g/mol. The highest BCUT2D eigenvalue weighted by molar-refractivity contribution is 6.39. The highest BCUT2D eigenvalue weighted by atomic mass is 35.5. The van der Waals surface area contributed by atoms with Crippen molar-refractivity contribution in [1.82, 2.24) is 9.55 Å². The lowest BCUT2D eigenvalue weighted by Crippen LogP contribution is -2.49. The number of carbonyl (C=O) groups is 1. The summed E-state index contributed by atoms with van der Waals surface area (Å²) in [5, 5.41) is 2.21. The van der Waals surface area contributed by atoms with Crippen molar-refractivity contribution in [2.24, 2.45) is 5.73 Å². The monoisotopic (exact) mass is 536 g/mol. The Kier molecular flexibility index (Phi) is 6.76. The molecule has 13 heteroatoms. The maximum absolute atomic E-state index is 16.3. The molecule has 0 spiro atoms. The molecule has 0 saturated heterocycles. The number of primary amides is 1. The van der Waals surface area contributed by atoms with E-state index < -0.39 is 55.5 Å². The molecule has 35 heavy (non-hydrogen) atoms. The molecule has 1 heterocycles. The van der Waals surface area contributed by atoms with Crippen LogP contribution in [0.2, 0.25) is 10.0 Å². The fourth-order valence-electron chi connectivity index (χ4n) is 4.14. The van der Waals surface area contributed by atoms with Crippen molar-refractivity contribution < 1.29 is 31.5 Å². The van der Waals surface area contributed by atoms with Gasteiger partial charge < -0.3 is 15.8 Å². The number of fused-ring (bicyclic) bond motifs is 1. The smallest absolute Gasteiger partial charge is 0.300 e. The first kappa shape index (κ1) is 25.3. The van der Waals surface area contributed by atoms with E-state index in [1.165, 1.54) is 0 Å². The molecule has 1 unspecified atom stereocenters. The summed E-state index contributed by atoms with van der Waals surface area (Å²) in [7, 11) is 0. The standard InChI is InChI=1S/C22H19Cl2F5N4O2/c23-13-7-11(26)8-14(24)18(13)32-20-31-15-9-12(19(30)34)17(35-6-5-25)10-16(15)33(20)22(29)4-2-1-3-21(22,27)28/h7-10H,1-6H2,(H2,30,34)(H,31,32). The summed E-state index contributed by atoms with van der Waals surface area (Å²) in [5.41, 5.74) is 4.82. The van der Waals surface area contributed by atoms with E-state index in [1.54, 1.807) is 0 Å². The van der Waals surface area contributed by atoms with Gasteiger partial charge in [0.1, 0.15) is 24.8 Å². The van der Waals surface area contributed by atoms with Crippen molar-refractivity contribution >= 4 is 51.8 Å². The maximum Gasteiger partial charge on any atom is 0.300 e. The van der Waals surface area contributed by atoms with Crippen LogP contribution >= 0.6 is 23.2 Å². The van der Waals surface area contributed by atoms with Crippen LogP contribution in [-0.4, -0.2) is 34.7 Å². The molecule has 1 aromatic heterocycles. The molecule has 2 aromatic carbocycles. The summed E-state index contributed by atoms with van der Waals surface area (Å²) in [4.78, 5) is 16.1. The molecule has 3 aromatic rings. The van der Waals surface area contributed by atoms with E-state index in [9.17, 15) is 13.6 Å². The van der Waals surface area contributed by atoms with Crippen LogP contribution in [0.15, 0.2) is 24.3 Å². The Bertz CT molecular complexity index is 1280. The zero-order valence-electron chi connectivity index (χ0n) is 18.0. The van der Waals surface area contributed by atoms with Crippen LogP contribution < -0.4 is 15.8 Å². The number of rotatable bonds is 7. The van der Waals surface area contributed by atoms with E-state index in [1.807, 2.05) is 0 Å². The number of carbonyl (C=O) groups excluding carboxylic acids is 1. The lowest BCUT2D eigenvalue weighted by Gasteiger charge is -2.39. The van der Waals surface area contributed by atoms with E-state index in [4.69, 9.17) is 33.7 Å².